The van der Waals surface area contributed by atoms with Crippen molar-refractivity contribution in [2.24, 2.45) is 0 Å². The number of nitrogens with zero attached hydrogens (tertiary/aromatic N) is 1. The minimum atomic E-state index is -3.72. The van der Waals surface area contributed by atoms with Crippen molar-refractivity contribution in [1.82, 2.24) is 0 Å². The number of hydrogen-bond acceptors (Lipinski definition) is 4. The molecule has 0 saturated heterocycles. The van der Waals surface area contributed by atoms with Crippen LogP contribution in [0.2, 0.25) is 0 Å². The molecule has 0 saturated carbocycles. The average molecular weight is 265 g/mol. The van der Waals surface area contributed by atoms with Gasteiger partial charge in [-0.15, -0.1) is 0 Å². The predicted molar refractivity (Wildman–Crippen MR) is 69.1 cm³/mol. The molecule has 1 aromatic carbocycles. The fraction of sp³-hybridized carbons (Fsp3) is 0.385. The molecule has 0 aliphatic rings. The number of ketones is 1. The maximum Gasteiger partial charge on any atom is 0.210 e. The van der Waals surface area contributed by atoms with Crippen LogP contribution in [0.25, 0.3) is 0 Å². The summed E-state index contributed by atoms with van der Waals surface area (Å²) < 4.78 is 22.8. The third-order valence-corrected chi connectivity index (χ3v) is 3.81. The molecule has 0 fully saturated rings. The number of carbonyl (C=O) groups is 1. The van der Waals surface area contributed by atoms with Gasteiger partial charge >= 0.3 is 0 Å². The first-order valence-electron chi connectivity index (χ1n) is 5.50. The minimum absolute atomic E-state index is 0.0871. The molecule has 1 aromatic rings. The van der Waals surface area contributed by atoms with Crippen molar-refractivity contribution in [2.45, 2.75) is 25.0 Å². The van der Waals surface area contributed by atoms with E-state index in [1.165, 1.54) is 0 Å². The van der Waals surface area contributed by atoms with Crippen LogP contribution in [0, 0.1) is 11.3 Å². The quantitative estimate of drug-likeness (QED) is 0.779. The predicted octanol–water partition coefficient (Wildman–Crippen LogP) is 1.93. The lowest BCUT2D eigenvalue weighted by Gasteiger charge is -2.13. The Kier molecular flexibility index (Phi) is 4.25. The number of nitriles is 1. The number of sulfone groups is 1. The first-order valence-corrected chi connectivity index (χ1v) is 7.46. The summed E-state index contributed by atoms with van der Waals surface area (Å²) >= 11 is 0. The van der Waals surface area contributed by atoms with E-state index in [0.29, 0.717) is 5.56 Å². The van der Waals surface area contributed by atoms with Crippen molar-refractivity contribution in [1.29, 1.82) is 5.26 Å². The number of benzene rings is 1. The number of hydrogen-bond donors (Lipinski definition) is 0. The van der Waals surface area contributed by atoms with Gasteiger partial charge in [-0.05, 0) is 11.5 Å². The minimum Gasteiger partial charge on any atom is -0.291 e. The SMILES string of the molecule is CC(C)c1ccccc1C(=O)C(C#N)S(C)(=O)=O. The lowest BCUT2D eigenvalue weighted by molar-refractivity contribution is 0.0999. The summed E-state index contributed by atoms with van der Waals surface area (Å²) in [6, 6.07) is 8.35. The summed E-state index contributed by atoms with van der Waals surface area (Å²) in [7, 11) is -3.72. The zero-order valence-corrected chi connectivity index (χ0v) is 11.4. The van der Waals surface area contributed by atoms with Gasteiger partial charge in [0.1, 0.15) is 0 Å². The third kappa shape index (κ3) is 2.96. The molecule has 96 valence electrons. The third-order valence-electron chi connectivity index (χ3n) is 2.63. The van der Waals surface area contributed by atoms with Crippen molar-refractivity contribution >= 4 is 15.6 Å². The van der Waals surface area contributed by atoms with Crippen LogP contribution in [0.15, 0.2) is 24.3 Å². The van der Waals surface area contributed by atoms with Crippen molar-refractivity contribution in [2.75, 3.05) is 6.26 Å². The van der Waals surface area contributed by atoms with E-state index < -0.39 is 20.9 Å². The lowest BCUT2D eigenvalue weighted by atomic mass is 9.94. The molecular weight excluding hydrogens is 250 g/mol. The zero-order chi connectivity index (χ0) is 13.9. The van der Waals surface area contributed by atoms with Gasteiger partial charge in [-0.25, -0.2) is 8.42 Å². The Morgan fingerprint density at radius 1 is 1.28 bits per heavy atom. The normalized spacial score (nSPS) is 13.1. The van der Waals surface area contributed by atoms with Gasteiger partial charge < -0.3 is 0 Å². The van der Waals surface area contributed by atoms with E-state index in [2.05, 4.69) is 0 Å². The lowest BCUT2D eigenvalue weighted by Crippen LogP contribution is -2.28. The second-order valence-electron chi connectivity index (χ2n) is 4.44. The monoisotopic (exact) mass is 265 g/mol. The molecule has 4 nitrogen and oxygen atoms in total. The fourth-order valence-electron chi connectivity index (χ4n) is 1.71. The van der Waals surface area contributed by atoms with Gasteiger partial charge in [-0.3, -0.25) is 4.79 Å². The van der Waals surface area contributed by atoms with E-state index in [-0.39, 0.29) is 5.92 Å². The topological polar surface area (TPSA) is 75.0 Å². The van der Waals surface area contributed by atoms with E-state index >= 15 is 0 Å². The summed E-state index contributed by atoms with van der Waals surface area (Å²) in [6.07, 6.45) is 0.900. The summed E-state index contributed by atoms with van der Waals surface area (Å²) in [5.41, 5.74) is 1.07. The second-order valence-corrected chi connectivity index (χ2v) is 6.58. The fourth-order valence-corrected chi connectivity index (χ4v) is 2.42. The van der Waals surface area contributed by atoms with E-state index in [0.717, 1.165) is 11.8 Å². The van der Waals surface area contributed by atoms with Gasteiger partial charge in [0, 0.05) is 11.8 Å². The molecule has 0 aliphatic heterocycles. The Morgan fingerprint density at radius 3 is 2.28 bits per heavy atom. The Balaban J connectivity index is 3.32. The molecule has 18 heavy (non-hydrogen) atoms. The molecule has 0 radical (unpaired) electrons. The van der Waals surface area contributed by atoms with E-state index in [4.69, 9.17) is 5.26 Å². The van der Waals surface area contributed by atoms with Gasteiger partial charge in [0.25, 0.3) is 0 Å². The molecule has 1 atom stereocenters. The number of rotatable bonds is 4. The second kappa shape index (κ2) is 5.32. The molecule has 0 spiro atoms. The highest BCUT2D eigenvalue weighted by molar-refractivity contribution is 7.92. The van der Waals surface area contributed by atoms with Crippen LogP contribution in [-0.2, 0) is 9.84 Å². The van der Waals surface area contributed by atoms with Gasteiger partial charge in [-0.2, -0.15) is 5.26 Å². The first-order chi connectivity index (χ1) is 8.29. The van der Waals surface area contributed by atoms with Crippen molar-refractivity contribution < 1.29 is 13.2 Å². The summed E-state index contributed by atoms with van der Waals surface area (Å²) in [5.74, 6) is -0.562. The molecule has 0 N–H and O–H groups in total. The number of Topliss-reactive ketones (excluding diaryl/α,β-unsaturated/α-hetero) is 1. The van der Waals surface area contributed by atoms with Crippen LogP contribution < -0.4 is 0 Å². The largest absolute Gasteiger partial charge is 0.291 e. The summed E-state index contributed by atoms with van der Waals surface area (Å²) in [5, 5.41) is 7.25. The smallest absolute Gasteiger partial charge is 0.210 e. The van der Waals surface area contributed by atoms with Crippen LogP contribution >= 0.6 is 0 Å². The number of carbonyl (C=O) groups excluding carboxylic acids is 1. The summed E-state index contributed by atoms with van der Waals surface area (Å²) in [6.45, 7) is 3.82. The first kappa shape index (κ1) is 14.4. The van der Waals surface area contributed by atoms with Gasteiger partial charge in [0.2, 0.25) is 5.25 Å². The highest BCUT2D eigenvalue weighted by atomic mass is 32.2. The maximum absolute atomic E-state index is 12.1. The highest BCUT2D eigenvalue weighted by Gasteiger charge is 2.31. The molecular formula is C13H15NO3S. The van der Waals surface area contributed by atoms with Gasteiger partial charge in [0.15, 0.2) is 15.6 Å². The van der Waals surface area contributed by atoms with Crippen LogP contribution in [0.1, 0.15) is 35.7 Å². The molecule has 0 amide bonds. The molecule has 0 heterocycles. The van der Waals surface area contributed by atoms with Crippen molar-refractivity contribution in [3.63, 3.8) is 0 Å². The Morgan fingerprint density at radius 2 is 1.83 bits per heavy atom. The Hall–Kier alpha value is -1.67. The van der Waals surface area contributed by atoms with E-state index in [1.54, 1.807) is 30.3 Å². The van der Waals surface area contributed by atoms with E-state index in [1.807, 2.05) is 13.8 Å². The molecule has 0 bridgehead atoms. The molecule has 0 aromatic heterocycles. The molecule has 0 aliphatic carbocycles. The van der Waals surface area contributed by atoms with Crippen LogP contribution in [0.4, 0.5) is 0 Å². The average Bonchev–Trinajstić information content (AvgIpc) is 2.27. The van der Waals surface area contributed by atoms with Crippen molar-refractivity contribution in [3.05, 3.63) is 35.4 Å². The zero-order valence-electron chi connectivity index (χ0n) is 10.5. The Labute approximate surface area is 107 Å². The molecule has 1 rings (SSSR count). The van der Waals surface area contributed by atoms with Crippen LogP contribution in [-0.4, -0.2) is 25.7 Å². The van der Waals surface area contributed by atoms with Gasteiger partial charge in [-0.1, -0.05) is 38.1 Å². The molecule has 5 heteroatoms. The molecule has 1 unspecified atom stereocenters. The van der Waals surface area contributed by atoms with E-state index in [9.17, 15) is 13.2 Å². The van der Waals surface area contributed by atoms with Crippen LogP contribution in [0.3, 0.4) is 0 Å². The summed E-state index contributed by atoms with van der Waals surface area (Å²) in [4.78, 5) is 12.1. The highest BCUT2D eigenvalue weighted by Crippen LogP contribution is 2.21. The van der Waals surface area contributed by atoms with Crippen molar-refractivity contribution in [3.8, 4) is 6.07 Å². The standard InChI is InChI=1S/C13H15NO3S/c1-9(2)10-6-4-5-7-11(10)13(15)12(8-14)18(3,16)17/h4-7,9,12H,1-3H3. The van der Waals surface area contributed by atoms with Crippen LogP contribution in [0.5, 0.6) is 0 Å². The Bertz CT molecular complexity index is 597. The maximum atomic E-state index is 12.1. The van der Waals surface area contributed by atoms with Gasteiger partial charge in [0.05, 0.1) is 6.07 Å².